The van der Waals surface area contributed by atoms with E-state index >= 15 is 0 Å². The van der Waals surface area contributed by atoms with Crippen molar-refractivity contribution in [1.82, 2.24) is 5.32 Å². The van der Waals surface area contributed by atoms with Crippen molar-refractivity contribution in [2.45, 2.75) is 13.3 Å². The highest BCUT2D eigenvalue weighted by atomic mass is 16.3. The first kappa shape index (κ1) is 13.4. The smallest absolute Gasteiger partial charge is 0.0555 e. The van der Waals surface area contributed by atoms with Gasteiger partial charge in [0.25, 0.3) is 0 Å². The minimum absolute atomic E-state index is 0.139. The predicted octanol–water partition coefficient (Wildman–Crippen LogP) is -1.08. The average Bonchev–Trinajstić information content (AvgIpc) is 2.06. The zero-order valence-corrected chi connectivity index (χ0v) is 7.21. The highest BCUT2D eigenvalue weighted by Gasteiger charge is 1.78. The van der Waals surface area contributed by atoms with Crippen molar-refractivity contribution in [3.63, 3.8) is 0 Å². The van der Waals surface area contributed by atoms with Gasteiger partial charge in [-0.15, -0.1) is 0 Å². The Balaban J connectivity index is 0. The van der Waals surface area contributed by atoms with Gasteiger partial charge in [-0.25, -0.2) is 0 Å². The normalized spacial score (nSPS) is 8.73. The van der Waals surface area contributed by atoms with Gasteiger partial charge >= 0.3 is 0 Å². The number of aliphatic hydroxyl groups is 2. The number of hydrogen-bond donors (Lipinski definition) is 4. The minimum atomic E-state index is 0.139. The first-order valence-corrected chi connectivity index (χ1v) is 3.95. The molecule has 0 heterocycles. The standard InChI is InChI=1S/C4H11NO2.C3H9N/c6-3-1-5-2-4-7;1-2-3-4/h5-7H,1-4H2;2-4H2,1H3. The fourth-order valence-electron chi connectivity index (χ4n) is 0.283. The van der Waals surface area contributed by atoms with Gasteiger partial charge in [0.2, 0.25) is 0 Å². The van der Waals surface area contributed by atoms with Crippen molar-refractivity contribution in [2.24, 2.45) is 5.73 Å². The molecular weight excluding hydrogens is 144 g/mol. The van der Waals surface area contributed by atoms with Crippen LogP contribution in [0.2, 0.25) is 0 Å². The van der Waals surface area contributed by atoms with Gasteiger partial charge in [0.05, 0.1) is 13.2 Å². The molecule has 0 unspecified atom stereocenters. The number of nitrogens with two attached hydrogens (primary N) is 1. The molecule has 11 heavy (non-hydrogen) atoms. The summed E-state index contributed by atoms with van der Waals surface area (Å²) in [6.45, 7) is 4.29. The molecule has 0 aliphatic carbocycles. The lowest BCUT2D eigenvalue weighted by atomic mass is 10.5. The Morgan fingerprint density at radius 2 is 1.55 bits per heavy atom. The number of hydrogen-bond acceptors (Lipinski definition) is 4. The molecule has 0 aliphatic heterocycles. The highest BCUT2D eigenvalue weighted by Crippen LogP contribution is 1.57. The summed E-state index contributed by atoms with van der Waals surface area (Å²) in [6.07, 6.45) is 1.10. The molecule has 0 saturated heterocycles. The van der Waals surface area contributed by atoms with Gasteiger partial charge < -0.3 is 21.3 Å². The summed E-state index contributed by atoms with van der Waals surface area (Å²) >= 11 is 0. The third kappa shape index (κ3) is 25.8. The number of rotatable bonds is 5. The van der Waals surface area contributed by atoms with E-state index in [0.717, 1.165) is 13.0 Å². The van der Waals surface area contributed by atoms with Crippen LogP contribution in [-0.4, -0.2) is 43.1 Å². The number of nitrogens with one attached hydrogen (secondary N) is 1. The quantitative estimate of drug-likeness (QED) is 0.390. The lowest BCUT2D eigenvalue weighted by Crippen LogP contribution is -2.21. The van der Waals surface area contributed by atoms with Crippen LogP contribution in [0.5, 0.6) is 0 Å². The van der Waals surface area contributed by atoms with E-state index in [1.165, 1.54) is 0 Å². The van der Waals surface area contributed by atoms with Gasteiger partial charge in [-0.1, -0.05) is 6.92 Å². The Labute approximate surface area is 68.4 Å². The Kier molecular flexibility index (Phi) is 20.1. The van der Waals surface area contributed by atoms with Crippen LogP contribution in [0.1, 0.15) is 13.3 Å². The molecular formula is C7H20N2O2. The third-order valence-electron chi connectivity index (χ3n) is 0.866. The van der Waals surface area contributed by atoms with Gasteiger partial charge in [-0.2, -0.15) is 0 Å². The molecule has 0 aromatic rings. The van der Waals surface area contributed by atoms with Crippen LogP contribution < -0.4 is 11.1 Å². The molecule has 70 valence electrons. The van der Waals surface area contributed by atoms with E-state index < -0.39 is 0 Å². The van der Waals surface area contributed by atoms with E-state index in [-0.39, 0.29) is 13.2 Å². The fraction of sp³-hybridized carbons (Fsp3) is 1.00. The maximum absolute atomic E-state index is 8.15. The van der Waals surface area contributed by atoms with Gasteiger partial charge in [-0.3, -0.25) is 0 Å². The molecule has 0 spiro atoms. The predicted molar refractivity (Wildman–Crippen MR) is 46.4 cm³/mol. The molecule has 0 atom stereocenters. The van der Waals surface area contributed by atoms with Crippen molar-refractivity contribution >= 4 is 0 Å². The lowest BCUT2D eigenvalue weighted by molar-refractivity contribution is 0.267. The van der Waals surface area contributed by atoms with Crippen molar-refractivity contribution in [3.8, 4) is 0 Å². The van der Waals surface area contributed by atoms with Crippen LogP contribution >= 0.6 is 0 Å². The Morgan fingerprint density at radius 3 is 1.73 bits per heavy atom. The van der Waals surface area contributed by atoms with E-state index in [1.54, 1.807) is 0 Å². The molecule has 5 N–H and O–H groups in total. The molecule has 0 amide bonds. The van der Waals surface area contributed by atoms with Gasteiger partial charge in [0.1, 0.15) is 0 Å². The SMILES string of the molecule is CCCN.OCCNCCO. The average molecular weight is 164 g/mol. The molecule has 4 nitrogen and oxygen atoms in total. The van der Waals surface area contributed by atoms with E-state index in [4.69, 9.17) is 15.9 Å². The maximum Gasteiger partial charge on any atom is 0.0555 e. The summed E-state index contributed by atoms with van der Waals surface area (Å²) in [5.74, 6) is 0. The summed E-state index contributed by atoms with van der Waals surface area (Å²) in [4.78, 5) is 0. The van der Waals surface area contributed by atoms with Crippen LogP contribution in [0.25, 0.3) is 0 Å². The van der Waals surface area contributed by atoms with Crippen LogP contribution in [-0.2, 0) is 0 Å². The topological polar surface area (TPSA) is 78.5 Å². The molecule has 0 aromatic carbocycles. The van der Waals surface area contributed by atoms with Crippen molar-refractivity contribution in [1.29, 1.82) is 0 Å². The van der Waals surface area contributed by atoms with Gasteiger partial charge in [0, 0.05) is 13.1 Å². The summed E-state index contributed by atoms with van der Waals surface area (Å²) in [5, 5.41) is 19.1. The van der Waals surface area contributed by atoms with E-state index in [9.17, 15) is 0 Å². The molecule has 0 rings (SSSR count). The highest BCUT2D eigenvalue weighted by molar-refractivity contribution is 4.39. The lowest BCUT2D eigenvalue weighted by Gasteiger charge is -1.94. The maximum atomic E-state index is 8.15. The molecule has 0 bridgehead atoms. The molecule has 0 saturated carbocycles. The zero-order valence-electron chi connectivity index (χ0n) is 7.21. The first-order valence-electron chi connectivity index (χ1n) is 3.95. The molecule has 0 radical (unpaired) electrons. The molecule has 0 aliphatic rings. The van der Waals surface area contributed by atoms with Gasteiger partial charge in [-0.05, 0) is 13.0 Å². The fourth-order valence-corrected chi connectivity index (χ4v) is 0.283. The monoisotopic (exact) mass is 164 g/mol. The van der Waals surface area contributed by atoms with Crippen molar-refractivity contribution in [3.05, 3.63) is 0 Å². The Hall–Kier alpha value is -0.160. The second kappa shape index (κ2) is 16.4. The zero-order chi connectivity index (χ0) is 8.95. The van der Waals surface area contributed by atoms with Crippen LogP contribution in [0.4, 0.5) is 0 Å². The van der Waals surface area contributed by atoms with Crippen molar-refractivity contribution in [2.75, 3.05) is 32.8 Å². The molecule has 0 aromatic heterocycles. The van der Waals surface area contributed by atoms with Crippen LogP contribution in [0, 0.1) is 0 Å². The molecule has 4 heteroatoms. The van der Waals surface area contributed by atoms with Crippen LogP contribution in [0.3, 0.4) is 0 Å². The van der Waals surface area contributed by atoms with E-state index in [2.05, 4.69) is 12.2 Å². The Morgan fingerprint density at radius 1 is 1.18 bits per heavy atom. The summed E-state index contributed by atoms with van der Waals surface area (Å²) in [7, 11) is 0. The van der Waals surface area contributed by atoms with Crippen molar-refractivity contribution < 1.29 is 10.2 Å². The summed E-state index contributed by atoms with van der Waals surface area (Å²) < 4.78 is 0. The second-order valence-electron chi connectivity index (χ2n) is 1.99. The first-order chi connectivity index (χ1) is 5.33. The number of aliphatic hydroxyl groups excluding tert-OH is 2. The van der Waals surface area contributed by atoms with Gasteiger partial charge in [0.15, 0.2) is 0 Å². The van der Waals surface area contributed by atoms with E-state index in [0.29, 0.717) is 13.1 Å². The van der Waals surface area contributed by atoms with E-state index in [1.807, 2.05) is 0 Å². The second-order valence-corrected chi connectivity index (χ2v) is 1.99. The van der Waals surface area contributed by atoms with Crippen LogP contribution in [0.15, 0.2) is 0 Å². The molecule has 0 fully saturated rings. The minimum Gasteiger partial charge on any atom is -0.395 e. The summed E-state index contributed by atoms with van der Waals surface area (Å²) in [6, 6.07) is 0. The third-order valence-corrected chi connectivity index (χ3v) is 0.866. The largest absolute Gasteiger partial charge is 0.395 e. The summed E-state index contributed by atoms with van der Waals surface area (Å²) in [5.41, 5.74) is 5.03. The Bertz CT molecular complexity index is 47.7.